The Kier molecular flexibility index (Phi) is 3.77. The van der Waals surface area contributed by atoms with Crippen LogP contribution in [0.4, 0.5) is 17.1 Å². The van der Waals surface area contributed by atoms with Crippen molar-refractivity contribution in [3.63, 3.8) is 0 Å². The van der Waals surface area contributed by atoms with Crippen LogP contribution in [0.5, 0.6) is 0 Å². The Morgan fingerprint density at radius 3 is 2.43 bits per heavy atom. The highest BCUT2D eigenvalue weighted by Gasteiger charge is 2.12. The van der Waals surface area contributed by atoms with Crippen LogP contribution in [0.1, 0.15) is 23.2 Å². The Bertz CT molecular complexity index is 631. The number of anilines is 3. The molecule has 0 unspecified atom stereocenters. The SMILES string of the molecule is Nc1cccc(C(=O)Nc2ccc(N3CCCC3)cc2)c1. The third-order valence-corrected chi connectivity index (χ3v) is 3.75. The molecule has 1 fully saturated rings. The van der Waals surface area contributed by atoms with Crippen LogP contribution in [0.2, 0.25) is 0 Å². The minimum Gasteiger partial charge on any atom is -0.399 e. The van der Waals surface area contributed by atoms with E-state index >= 15 is 0 Å². The molecule has 2 aromatic rings. The van der Waals surface area contributed by atoms with Gasteiger partial charge in [-0.2, -0.15) is 0 Å². The minimum absolute atomic E-state index is 0.142. The summed E-state index contributed by atoms with van der Waals surface area (Å²) in [4.78, 5) is 14.5. The summed E-state index contributed by atoms with van der Waals surface area (Å²) in [7, 11) is 0. The van der Waals surface area contributed by atoms with Crippen LogP contribution in [0.3, 0.4) is 0 Å². The van der Waals surface area contributed by atoms with Crippen molar-refractivity contribution in [2.75, 3.05) is 29.0 Å². The van der Waals surface area contributed by atoms with E-state index < -0.39 is 0 Å². The number of nitrogens with zero attached hydrogens (tertiary/aromatic N) is 1. The first-order valence-electron chi connectivity index (χ1n) is 7.24. The molecule has 4 heteroatoms. The van der Waals surface area contributed by atoms with Crippen molar-refractivity contribution in [2.24, 2.45) is 0 Å². The van der Waals surface area contributed by atoms with Gasteiger partial charge in [0.1, 0.15) is 0 Å². The number of rotatable bonds is 3. The molecule has 1 aliphatic heterocycles. The number of carbonyl (C=O) groups excluding carboxylic acids is 1. The molecule has 1 saturated heterocycles. The zero-order valence-electron chi connectivity index (χ0n) is 11.9. The first-order chi connectivity index (χ1) is 10.2. The lowest BCUT2D eigenvalue weighted by molar-refractivity contribution is 0.102. The van der Waals surface area contributed by atoms with Crippen LogP contribution in [-0.2, 0) is 0 Å². The Morgan fingerprint density at radius 1 is 1.05 bits per heavy atom. The Balaban J connectivity index is 1.68. The molecule has 3 rings (SSSR count). The van der Waals surface area contributed by atoms with Crippen LogP contribution in [-0.4, -0.2) is 19.0 Å². The normalized spacial score (nSPS) is 14.2. The lowest BCUT2D eigenvalue weighted by atomic mass is 10.2. The first-order valence-corrected chi connectivity index (χ1v) is 7.24. The Morgan fingerprint density at radius 2 is 1.76 bits per heavy atom. The van der Waals surface area contributed by atoms with Crippen molar-refractivity contribution in [2.45, 2.75) is 12.8 Å². The van der Waals surface area contributed by atoms with Crippen molar-refractivity contribution >= 4 is 23.0 Å². The van der Waals surface area contributed by atoms with Crippen LogP contribution >= 0.6 is 0 Å². The average molecular weight is 281 g/mol. The van der Waals surface area contributed by atoms with Crippen molar-refractivity contribution in [3.8, 4) is 0 Å². The predicted molar refractivity (Wildman–Crippen MR) is 86.7 cm³/mol. The van der Waals surface area contributed by atoms with Gasteiger partial charge in [0.05, 0.1) is 0 Å². The fourth-order valence-electron chi connectivity index (χ4n) is 2.61. The van der Waals surface area contributed by atoms with Gasteiger partial charge in [-0.15, -0.1) is 0 Å². The molecule has 0 aromatic heterocycles. The molecule has 0 saturated carbocycles. The van der Waals surface area contributed by atoms with Crippen LogP contribution in [0, 0.1) is 0 Å². The number of nitrogen functional groups attached to an aromatic ring is 1. The van der Waals surface area contributed by atoms with E-state index in [2.05, 4.69) is 22.3 Å². The second-order valence-electron chi connectivity index (χ2n) is 5.32. The lowest BCUT2D eigenvalue weighted by Gasteiger charge is -2.17. The van der Waals surface area contributed by atoms with E-state index in [-0.39, 0.29) is 5.91 Å². The second kappa shape index (κ2) is 5.87. The summed E-state index contributed by atoms with van der Waals surface area (Å²) in [5.74, 6) is -0.142. The van der Waals surface area contributed by atoms with Crippen LogP contribution in [0.15, 0.2) is 48.5 Å². The monoisotopic (exact) mass is 281 g/mol. The minimum atomic E-state index is -0.142. The maximum absolute atomic E-state index is 12.1. The molecule has 0 aliphatic carbocycles. The Hall–Kier alpha value is -2.49. The fourth-order valence-corrected chi connectivity index (χ4v) is 2.61. The van der Waals surface area contributed by atoms with Gasteiger partial charge in [-0.25, -0.2) is 0 Å². The van der Waals surface area contributed by atoms with Gasteiger partial charge in [0.25, 0.3) is 5.91 Å². The van der Waals surface area contributed by atoms with Gasteiger partial charge >= 0.3 is 0 Å². The number of nitrogens with one attached hydrogen (secondary N) is 1. The molecule has 108 valence electrons. The molecule has 1 aliphatic rings. The van der Waals surface area contributed by atoms with E-state index in [1.807, 2.05) is 12.1 Å². The van der Waals surface area contributed by atoms with Crippen molar-refractivity contribution in [1.29, 1.82) is 0 Å². The summed E-state index contributed by atoms with van der Waals surface area (Å²) in [6.07, 6.45) is 2.52. The summed E-state index contributed by atoms with van der Waals surface area (Å²) < 4.78 is 0. The molecular weight excluding hydrogens is 262 g/mol. The van der Waals surface area contributed by atoms with E-state index in [1.165, 1.54) is 18.5 Å². The van der Waals surface area contributed by atoms with Crippen molar-refractivity contribution in [3.05, 3.63) is 54.1 Å². The first kappa shape index (κ1) is 13.5. The van der Waals surface area contributed by atoms with Gasteiger partial charge in [-0.3, -0.25) is 4.79 Å². The van der Waals surface area contributed by atoms with E-state index in [1.54, 1.807) is 24.3 Å². The number of amides is 1. The molecule has 3 N–H and O–H groups in total. The zero-order valence-corrected chi connectivity index (χ0v) is 11.9. The molecular formula is C17H19N3O. The van der Waals surface area contributed by atoms with Gasteiger partial charge < -0.3 is 16.0 Å². The quantitative estimate of drug-likeness (QED) is 0.850. The third-order valence-electron chi connectivity index (χ3n) is 3.75. The molecule has 1 heterocycles. The highest BCUT2D eigenvalue weighted by molar-refractivity contribution is 6.04. The van der Waals surface area contributed by atoms with E-state index in [0.717, 1.165) is 18.8 Å². The molecule has 0 bridgehead atoms. The summed E-state index contributed by atoms with van der Waals surface area (Å²) in [6, 6.07) is 15.0. The Labute approximate surface area is 124 Å². The largest absolute Gasteiger partial charge is 0.399 e. The van der Waals surface area contributed by atoms with E-state index in [0.29, 0.717) is 11.3 Å². The summed E-state index contributed by atoms with van der Waals surface area (Å²) in [6.45, 7) is 2.24. The molecule has 1 amide bonds. The summed E-state index contributed by atoms with van der Waals surface area (Å²) in [5, 5.41) is 2.89. The average Bonchev–Trinajstić information content (AvgIpc) is 3.02. The van der Waals surface area contributed by atoms with Crippen molar-refractivity contribution in [1.82, 2.24) is 0 Å². The number of benzene rings is 2. The maximum atomic E-state index is 12.1. The standard InChI is InChI=1S/C17H19N3O/c18-14-5-3-4-13(12-14)17(21)19-15-6-8-16(9-7-15)20-10-1-2-11-20/h3-9,12H,1-2,10-11,18H2,(H,19,21). The lowest BCUT2D eigenvalue weighted by Crippen LogP contribution is -2.17. The zero-order chi connectivity index (χ0) is 14.7. The van der Waals surface area contributed by atoms with E-state index in [9.17, 15) is 4.79 Å². The van der Waals surface area contributed by atoms with Gasteiger partial charge in [-0.05, 0) is 55.3 Å². The molecule has 21 heavy (non-hydrogen) atoms. The number of hydrogen-bond acceptors (Lipinski definition) is 3. The van der Waals surface area contributed by atoms with Crippen LogP contribution < -0.4 is 16.0 Å². The number of hydrogen-bond donors (Lipinski definition) is 2. The summed E-state index contributed by atoms with van der Waals surface area (Å²) >= 11 is 0. The highest BCUT2D eigenvalue weighted by atomic mass is 16.1. The maximum Gasteiger partial charge on any atom is 0.255 e. The molecule has 0 radical (unpaired) electrons. The van der Waals surface area contributed by atoms with Gasteiger partial charge in [0, 0.05) is 35.7 Å². The highest BCUT2D eigenvalue weighted by Crippen LogP contribution is 2.22. The second-order valence-corrected chi connectivity index (χ2v) is 5.32. The third kappa shape index (κ3) is 3.16. The fraction of sp³-hybridized carbons (Fsp3) is 0.235. The smallest absolute Gasteiger partial charge is 0.255 e. The number of nitrogens with two attached hydrogens (primary N) is 1. The van der Waals surface area contributed by atoms with Crippen LogP contribution in [0.25, 0.3) is 0 Å². The number of carbonyl (C=O) groups is 1. The molecule has 0 spiro atoms. The van der Waals surface area contributed by atoms with Gasteiger partial charge in [0.2, 0.25) is 0 Å². The van der Waals surface area contributed by atoms with E-state index in [4.69, 9.17) is 5.73 Å². The predicted octanol–water partition coefficient (Wildman–Crippen LogP) is 3.12. The topological polar surface area (TPSA) is 58.4 Å². The molecule has 2 aromatic carbocycles. The summed E-state index contributed by atoms with van der Waals surface area (Å²) in [5.41, 5.74) is 8.87. The van der Waals surface area contributed by atoms with Gasteiger partial charge in [0.15, 0.2) is 0 Å². The molecule has 0 atom stereocenters. The van der Waals surface area contributed by atoms with Gasteiger partial charge in [-0.1, -0.05) is 6.07 Å². The molecule has 4 nitrogen and oxygen atoms in total. The van der Waals surface area contributed by atoms with Crippen molar-refractivity contribution < 1.29 is 4.79 Å².